The molecule has 0 unspecified atom stereocenters. The van der Waals surface area contributed by atoms with Gasteiger partial charge in [-0.3, -0.25) is 4.79 Å². The van der Waals surface area contributed by atoms with Crippen LogP contribution in [-0.2, 0) is 15.6 Å². The minimum Gasteiger partial charge on any atom is -0.327 e. The number of aryl methyl sites for hydroxylation is 1. The molecule has 120 valence electrons. The van der Waals surface area contributed by atoms with E-state index in [2.05, 4.69) is 6.58 Å². The lowest BCUT2D eigenvalue weighted by molar-refractivity contribution is -0.185. The maximum absolute atomic E-state index is 12.6. The summed E-state index contributed by atoms with van der Waals surface area (Å²) in [6.45, 7) is 5.57. The van der Waals surface area contributed by atoms with Gasteiger partial charge in [0, 0.05) is 16.3 Å². The van der Waals surface area contributed by atoms with Crippen molar-refractivity contribution in [2.75, 3.05) is 6.54 Å². The molecule has 2 atom stereocenters. The summed E-state index contributed by atoms with van der Waals surface area (Å²) in [6, 6.07) is 6.01. The molecule has 22 heavy (non-hydrogen) atoms. The van der Waals surface area contributed by atoms with Gasteiger partial charge in [0.05, 0.1) is 16.8 Å². The zero-order valence-corrected chi connectivity index (χ0v) is 12.8. The van der Waals surface area contributed by atoms with Gasteiger partial charge in [-0.15, -0.1) is 0 Å². The van der Waals surface area contributed by atoms with E-state index in [0.29, 0.717) is 17.7 Å². The number of likely N-dealkylation sites (tertiary alicyclic amines) is 1. The molecule has 1 aliphatic heterocycles. The summed E-state index contributed by atoms with van der Waals surface area (Å²) < 4.78 is 50.3. The molecule has 0 bridgehead atoms. The third-order valence-electron chi connectivity index (χ3n) is 3.60. The molecule has 3 nitrogen and oxygen atoms in total. The van der Waals surface area contributed by atoms with E-state index in [-0.39, 0.29) is 11.4 Å². The highest BCUT2D eigenvalue weighted by Gasteiger charge is 2.47. The third kappa shape index (κ3) is 3.40. The summed E-state index contributed by atoms with van der Waals surface area (Å²) in [4.78, 5) is 12.8. The fraction of sp³-hybridized carbons (Fsp3) is 0.400. The van der Waals surface area contributed by atoms with E-state index >= 15 is 0 Å². The Hall–Kier alpha value is -1.63. The molecule has 1 saturated heterocycles. The Morgan fingerprint density at radius 1 is 1.32 bits per heavy atom. The van der Waals surface area contributed by atoms with E-state index in [4.69, 9.17) is 0 Å². The minimum absolute atomic E-state index is 0.00707. The van der Waals surface area contributed by atoms with Crippen LogP contribution in [0.5, 0.6) is 0 Å². The molecule has 0 aromatic heterocycles. The van der Waals surface area contributed by atoms with Crippen molar-refractivity contribution in [2.45, 2.75) is 36.9 Å². The molecule has 2 rings (SSSR count). The zero-order valence-electron chi connectivity index (χ0n) is 12.0. The number of hydrogen-bond donors (Lipinski definition) is 0. The Balaban J connectivity index is 2.19. The first-order chi connectivity index (χ1) is 10.2. The standard InChI is InChI=1S/C15H16F3NO2S/c1-10-5-7-12(8-6-10)22(21)11(2)13-4-3-9-19(13)14(20)15(16,17)18/h5-8,13H,2-4,9H2,1H3/t13-,22+/m0/s1. The van der Waals surface area contributed by atoms with Gasteiger partial charge in [-0.25, -0.2) is 4.21 Å². The SMILES string of the molecule is C=C([C@@H]1CCCN1C(=O)C(F)(F)F)[S@@](=O)c1ccc(C)cc1. The molecule has 1 aromatic carbocycles. The first-order valence-corrected chi connectivity index (χ1v) is 7.92. The van der Waals surface area contributed by atoms with Crippen LogP contribution in [0, 0.1) is 6.92 Å². The Kier molecular flexibility index (Phi) is 4.75. The van der Waals surface area contributed by atoms with Crippen molar-refractivity contribution in [1.82, 2.24) is 4.90 Å². The molecule has 7 heteroatoms. The van der Waals surface area contributed by atoms with E-state index in [0.717, 1.165) is 10.5 Å². The van der Waals surface area contributed by atoms with Crippen molar-refractivity contribution in [3.05, 3.63) is 41.3 Å². The molecular weight excluding hydrogens is 315 g/mol. The average molecular weight is 331 g/mol. The largest absolute Gasteiger partial charge is 0.471 e. The van der Waals surface area contributed by atoms with Crippen LogP contribution in [0.25, 0.3) is 0 Å². The van der Waals surface area contributed by atoms with E-state index in [1.165, 1.54) is 0 Å². The number of carbonyl (C=O) groups excluding carboxylic acids is 1. The second-order valence-electron chi connectivity index (χ2n) is 5.20. The summed E-state index contributed by atoms with van der Waals surface area (Å²) in [5.74, 6) is -1.89. The van der Waals surface area contributed by atoms with Gasteiger partial charge in [-0.1, -0.05) is 24.3 Å². The maximum atomic E-state index is 12.6. The first-order valence-electron chi connectivity index (χ1n) is 6.77. The van der Waals surface area contributed by atoms with Crippen molar-refractivity contribution in [3.8, 4) is 0 Å². The number of amides is 1. The van der Waals surface area contributed by atoms with Gasteiger partial charge < -0.3 is 4.90 Å². The number of rotatable bonds is 3. The summed E-state index contributed by atoms with van der Waals surface area (Å²) in [5, 5.41) is 0. The van der Waals surface area contributed by atoms with Crippen molar-refractivity contribution >= 4 is 16.7 Å². The van der Waals surface area contributed by atoms with Crippen LogP contribution in [-0.4, -0.2) is 33.8 Å². The van der Waals surface area contributed by atoms with Crippen LogP contribution in [0.1, 0.15) is 18.4 Å². The van der Waals surface area contributed by atoms with Gasteiger partial charge in [0.2, 0.25) is 0 Å². The summed E-state index contributed by atoms with van der Waals surface area (Å²) >= 11 is 0. The molecule has 0 saturated carbocycles. The molecule has 1 amide bonds. The van der Waals surface area contributed by atoms with Crippen molar-refractivity contribution in [3.63, 3.8) is 0 Å². The summed E-state index contributed by atoms with van der Waals surface area (Å²) in [7, 11) is -1.65. The number of halogens is 3. The predicted octanol–water partition coefficient (Wildman–Crippen LogP) is 3.17. The van der Waals surface area contributed by atoms with Crippen molar-refractivity contribution < 1.29 is 22.2 Å². The number of alkyl halides is 3. The van der Waals surface area contributed by atoms with E-state index in [9.17, 15) is 22.2 Å². The Bertz CT molecular complexity index is 610. The van der Waals surface area contributed by atoms with E-state index < -0.39 is 28.9 Å². The number of carbonyl (C=O) groups is 1. The average Bonchev–Trinajstić information content (AvgIpc) is 2.93. The van der Waals surface area contributed by atoms with Gasteiger partial charge in [0.25, 0.3) is 0 Å². The zero-order chi connectivity index (χ0) is 16.5. The summed E-state index contributed by atoms with van der Waals surface area (Å²) in [5.41, 5.74) is 0.987. The Labute approximate surface area is 129 Å². The molecule has 0 spiro atoms. The second-order valence-corrected chi connectivity index (χ2v) is 6.74. The van der Waals surface area contributed by atoms with Crippen LogP contribution >= 0.6 is 0 Å². The molecule has 1 fully saturated rings. The monoisotopic (exact) mass is 331 g/mol. The fourth-order valence-electron chi connectivity index (χ4n) is 2.44. The highest BCUT2D eigenvalue weighted by Crippen LogP contribution is 2.31. The van der Waals surface area contributed by atoms with Gasteiger partial charge in [0.15, 0.2) is 0 Å². The highest BCUT2D eigenvalue weighted by atomic mass is 32.2. The van der Waals surface area contributed by atoms with E-state index in [1.807, 2.05) is 6.92 Å². The number of benzene rings is 1. The van der Waals surface area contributed by atoms with Crippen LogP contribution in [0.15, 0.2) is 40.6 Å². The number of hydrogen-bond acceptors (Lipinski definition) is 2. The Morgan fingerprint density at radius 2 is 1.91 bits per heavy atom. The molecular formula is C15H16F3NO2S. The molecule has 1 heterocycles. The smallest absolute Gasteiger partial charge is 0.327 e. The second kappa shape index (κ2) is 6.24. The van der Waals surface area contributed by atoms with Gasteiger partial charge >= 0.3 is 12.1 Å². The predicted molar refractivity (Wildman–Crippen MR) is 77.5 cm³/mol. The third-order valence-corrected chi connectivity index (χ3v) is 5.05. The summed E-state index contributed by atoms with van der Waals surface area (Å²) in [6.07, 6.45) is -4.14. The van der Waals surface area contributed by atoms with Crippen LogP contribution < -0.4 is 0 Å². The minimum atomic E-state index is -4.92. The molecule has 1 aliphatic rings. The highest BCUT2D eigenvalue weighted by molar-refractivity contribution is 7.89. The molecule has 0 N–H and O–H groups in total. The van der Waals surface area contributed by atoms with Crippen LogP contribution in [0.2, 0.25) is 0 Å². The van der Waals surface area contributed by atoms with Crippen LogP contribution in [0.4, 0.5) is 13.2 Å². The fourth-order valence-corrected chi connectivity index (χ4v) is 3.62. The Morgan fingerprint density at radius 3 is 2.45 bits per heavy atom. The van der Waals surface area contributed by atoms with Gasteiger partial charge in [0.1, 0.15) is 0 Å². The molecule has 0 aliphatic carbocycles. The van der Waals surface area contributed by atoms with Crippen LogP contribution in [0.3, 0.4) is 0 Å². The van der Waals surface area contributed by atoms with Crippen molar-refractivity contribution in [1.29, 1.82) is 0 Å². The maximum Gasteiger partial charge on any atom is 0.471 e. The lowest BCUT2D eigenvalue weighted by Crippen LogP contribution is -2.44. The van der Waals surface area contributed by atoms with Gasteiger partial charge in [-0.05, 0) is 31.9 Å². The molecule has 1 aromatic rings. The van der Waals surface area contributed by atoms with Gasteiger partial charge in [-0.2, -0.15) is 13.2 Å². The first kappa shape index (κ1) is 16.7. The lowest BCUT2D eigenvalue weighted by Gasteiger charge is -2.26. The normalized spacial score (nSPS) is 20.0. The quantitative estimate of drug-likeness (QED) is 0.853. The van der Waals surface area contributed by atoms with Crippen molar-refractivity contribution in [2.24, 2.45) is 0 Å². The number of nitrogens with zero attached hydrogens (tertiary/aromatic N) is 1. The molecule has 0 radical (unpaired) electrons. The topological polar surface area (TPSA) is 37.4 Å². The lowest BCUT2D eigenvalue weighted by atomic mass is 10.2. The van der Waals surface area contributed by atoms with E-state index in [1.54, 1.807) is 24.3 Å².